The molecule has 0 aromatic carbocycles. The molecule has 2 atom stereocenters. The molecule has 0 saturated heterocycles. The first-order valence-electron chi connectivity index (χ1n) is 6.43. The van der Waals surface area contributed by atoms with Crippen LogP contribution in [0.25, 0.3) is 0 Å². The van der Waals surface area contributed by atoms with Gasteiger partial charge in [0.2, 0.25) is 11.9 Å². The van der Waals surface area contributed by atoms with E-state index >= 15 is 0 Å². The number of alkyl halides is 3. The summed E-state index contributed by atoms with van der Waals surface area (Å²) in [5, 5.41) is 13.7. The van der Waals surface area contributed by atoms with Crippen LogP contribution in [0.1, 0.15) is 12.1 Å². The molecule has 0 aliphatic heterocycles. The minimum absolute atomic E-state index is 0.123. The van der Waals surface area contributed by atoms with Gasteiger partial charge in [0.1, 0.15) is 5.69 Å². The standard InChI is InChI=1S/C12H13F3N4O3/c13-12(14,15)8-1-2-17-11(19-8)18-4-3-16-9(20)6-5-7(6)10(21)22/h1-2,6-7H,3-5H2,(H,16,20)(H,21,22)(H,17,18,19)/t6-,7+/m1/s1. The van der Waals surface area contributed by atoms with Crippen LogP contribution in [0, 0.1) is 11.8 Å². The summed E-state index contributed by atoms with van der Waals surface area (Å²) in [6.45, 7) is 0.249. The van der Waals surface area contributed by atoms with E-state index in [2.05, 4.69) is 20.6 Å². The van der Waals surface area contributed by atoms with Gasteiger partial charge in [-0.15, -0.1) is 0 Å². The van der Waals surface area contributed by atoms with Gasteiger partial charge >= 0.3 is 12.1 Å². The van der Waals surface area contributed by atoms with Crippen LogP contribution in [-0.2, 0) is 15.8 Å². The largest absolute Gasteiger partial charge is 0.481 e. The van der Waals surface area contributed by atoms with Gasteiger partial charge in [0.15, 0.2) is 0 Å². The highest BCUT2D eigenvalue weighted by molar-refractivity contribution is 5.89. The number of nitrogens with zero attached hydrogens (tertiary/aromatic N) is 2. The second-order valence-electron chi connectivity index (χ2n) is 4.77. The molecule has 1 fully saturated rings. The topological polar surface area (TPSA) is 104 Å². The fourth-order valence-electron chi connectivity index (χ4n) is 1.85. The van der Waals surface area contributed by atoms with Crippen molar-refractivity contribution < 1.29 is 27.9 Å². The van der Waals surface area contributed by atoms with Crippen molar-refractivity contribution in [3.8, 4) is 0 Å². The molecule has 1 aliphatic rings. The molecule has 1 heterocycles. The van der Waals surface area contributed by atoms with Crippen LogP contribution < -0.4 is 10.6 Å². The Hall–Kier alpha value is -2.39. The van der Waals surface area contributed by atoms with Crippen LogP contribution in [0.2, 0.25) is 0 Å². The number of aliphatic carboxylic acids is 1. The predicted octanol–water partition coefficient (Wildman–Crippen LogP) is 0.744. The summed E-state index contributed by atoms with van der Waals surface area (Å²) >= 11 is 0. The lowest BCUT2D eigenvalue weighted by atomic mass is 10.3. The van der Waals surface area contributed by atoms with E-state index in [4.69, 9.17) is 5.11 Å². The number of carbonyl (C=O) groups is 2. The van der Waals surface area contributed by atoms with Gasteiger partial charge in [-0.05, 0) is 12.5 Å². The monoisotopic (exact) mass is 318 g/mol. The quantitative estimate of drug-likeness (QED) is 0.669. The van der Waals surface area contributed by atoms with Crippen LogP contribution in [0.3, 0.4) is 0 Å². The van der Waals surface area contributed by atoms with Gasteiger partial charge in [0, 0.05) is 19.3 Å². The maximum atomic E-state index is 12.4. The smallest absolute Gasteiger partial charge is 0.433 e. The molecule has 1 aliphatic carbocycles. The minimum Gasteiger partial charge on any atom is -0.481 e. The SMILES string of the molecule is O=C(O)[C@H]1C[C@H]1C(=O)NCCNc1nccc(C(F)(F)F)n1. The van der Waals surface area contributed by atoms with E-state index < -0.39 is 29.7 Å². The molecule has 3 N–H and O–H groups in total. The van der Waals surface area contributed by atoms with Gasteiger partial charge in [-0.25, -0.2) is 9.97 Å². The molecule has 2 rings (SSSR count). The Kier molecular flexibility index (Phi) is 4.48. The van der Waals surface area contributed by atoms with Crippen molar-refractivity contribution in [1.29, 1.82) is 0 Å². The van der Waals surface area contributed by atoms with Gasteiger partial charge in [0.05, 0.1) is 11.8 Å². The highest BCUT2D eigenvalue weighted by Gasteiger charge is 2.48. The van der Waals surface area contributed by atoms with E-state index in [1.165, 1.54) is 0 Å². The van der Waals surface area contributed by atoms with Gasteiger partial charge in [-0.3, -0.25) is 9.59 Å². The Labute approximate surface area is 122 Å². The van der Waals surface area contributed by atoms with Gasteiger partial charge in [0.25, 0.3) is 0 Å². The number of carboxylic acid groups (broad SMARTS) is 1. The number of halogens is 3. The summed E-state index contributed by atoms with van der Waals surface area (Å²) in [5.74, 6) is -2.74. The van der Waals surface area contributed by atoms with Crippen LogP contribution in [0.15, 0.2) is 12.3 Å². The second-order valence-corrected chi connectivity index (χ2v) is 4.77. The number of aromatic nitrogens is 2. The molecule has 1 aromatic heterocycles. The summed E-state index contributed by atoms with van der Waals surface area (Å²) < 4.78 is 37.3. The molecule has 1 saturated carbocycles. The number of carboxylic acids is 1. The zero-order valence-corrected chi connectivity index (χ0v) is 11.2. The van der Waals surface area contributed by atoms with Crippen molar-refractivity contribution in [2.75, 3.05) is 18.4 Å². The van der Waals surface area contributed by atoms with Gasteiger partial charge < -0.3 is 15.7 Å². The number of carbonyl (C=O) groups excluding carboxylic acids is 1. The van der Waals surface area contributed by atoms with E-state index in [1.807, 2.05) is 0 Å². The van der Waals surface area contributed by atoms with Crippen LogP contribution in [0.5, 0.6) is 0 Å². The van der Waals surface area contributed by atoms with Crippen LogP contribution in [-0.4, -0.2) is 40.0 Å². The van der Waals surface area contributed by atoms with Crippen LogP contribution >= 0.6 is 0 Å². The molecule has 0 bridgehead atoms. The Morgan fingerprint density at radius 2 is 2.05 bits per heavy atom. The lowest BCUT2D eigenvalue weighted by Gasteiger charge is -2.09. The summed E-state index contributed by atoms with van der Waals surface area (Å²) in [5.41, 5.74) is -1.06. The van der Waals surface area contributed by atoms with Crippen molar-refractivity contribution in [3.63, 3.8) is 0 Å². The number of hydrogen-bond acceptors (Lipinski definition) is 5. The summed E-state index contributed by atoms with van der Waals surface area (Å²) in [4.78, 5) is 29.1. The maximum Gasteiger partial charge on any atom is 0.433 e. The third-order valence-corrected chi connectivity index (χ3v) is 3.10. The molecular formula is C12H13F3N4O3. The Morgan fingerprint density at radius 3 is 2.64 bits per heavy atom. The fourth-order valence-corrected chi connectivity index (χ4v) is 1.85. The first-order valence-corrected chi connectivity index (χ1v) is 6.43. The highest BCUT2D eigenvalue weighted by atomic mass is 19.4. The molecule has 120 valence electrons. The summed E-state index contributed by atoms with van der Waals surface area (Å²) in [7, 11) is 0. The van der Waals surface area contributed by atoms with Gasteiger partial charge in [-0.2, -0.15) is 13.2 Å². The third-order valence-electron chi connectivity index (χ3n) is 3.10. The van der Waals surface area contributed by atoms with Crippen LogP contribution in [0.4, 0.5) is 19.1 Å². The third kappa shape index (κ3) is 4.06. The number of anilines is 1. The van der Waals surface area contributed by atoms with Crippen molar-refractivity contribution in [3.05, 3.63) is 18.0 Å². The van der Waals surface area contributed by atoms with E-state index in [9.17, 15) is 22.8 Å². The molecule has 0 unspecified atom stereocenters. The first-order chi connectivity index (χ1) is 10.3. The second kappa shape index (κ2) is 6.16. The minimum atomic E-state index is -4.55. The molecular weight excluding hydrogens is 305 g/mol. The van der Waals surface area contributed by atoms with E-state index in [1.54, 1.807) is 0 Å². The highest BCUT2D eigenvalue weighted by Crippen LogP contribution is 2.38. The Bertz CT molecular complexity index is 579. The fraction of sp³-hybridized carbons (Fsp3) is 0.500. The number of hydrogen-bond donors (Lipinski definition) is 3. The first kappa shape index (κ1) is 16.0. The molecule has 7 nitrogen and oxygen atoms in total. The lowest BCUT2D eigenvalue weighted by Crippen LogP contribution is -2.31. The van der Waals surface area contributed by atoms with E-state index in [0.717, 1.165) is 12.3 Å². The molecule has 1 aromatic rings. The predicted molar refractivity (Wildman–Crippen MR) is 67.8 cm³/mol. The Balaban J connectivity index is 1.73. The lowest BCUT2D eigenvalue weighted by molar-refractivity contribution is -0.141. The zero-order valence-electron chi connectivity index (χ0n) is 11.2. The average Bonchev–Trinajstić information content (AvgIpc) is 3.23. The number of rotatable bonds is 6. The zero-order chi connectivity index (χ0) is 16.3. The molecule has 0 spiro atoms. The average molecular weight is 318 g/mol. The molecule has 10 heteroatoms. The number of amides is 1. The van der Waals surface area contributed by atoms with E-state index in [-0.39, 0.29) is 24.9 Å². The summed E-state index contributed by atoms with van der Waals surface area (Å²) in [6.07, 6.45) is -3.25. The summed E-state index contributed by atoms with van der Waals surface area (Å²) in [6, 6.07) is 0.756. The molecule has 0 radical (unpaired) electrons. The number of nitrogens with one attached hydrogen (secondary N) is 2. The van der Waals surface area contributed by atoms with Crippen molar-refractivity contribution in [2.45, 2.75) is 12.6 Å². The van der Waals surface area contributed by atoms with Gasteiger partial charge in [-0.1, -0.05) is 0 Å². The molecule has 1 amide bonds. The molecule has 22 heavy (non-hydrogen) atoms. The normalized spacial score (nSPS) is 20.3. The van der Waals surface area contributed by atoms with E-state index in [0.29, 0.717) is 6.42 Å². The Morgan fingerprint density at radius 1 is 1.32 bits per heavy atom. The van der Waals surface area contributed by atoms with Crippen molar-refractivity contribution >= 4 is 17.8 Å². The van der Waals surface area contributed by atoms with Crippen molar-refractivity contribution in [1.82, 2.24) is 15.3 Å². The van der Waals surface area contributed by atoms with Crippen molar-refractivity contribution in [2.24, 2.45) is 11.8 Å². The maximum absolute atomic E-state index is 12.4.